The Kier molecular flexibility index (Phi) is 5.74. The number of hydrogen-bond acceptors (Lipinski definition) is 4. The van der Waals surface area contributed by atoms with E-state index >= 15 is 0 Å². The molecule has 0 spiro atoms. The number of pyridine rings is 1. The first kappa shape index (κ1) is 17.6. The van der Waals surface area contributed by atoms with E-state index in [1.807, 2.05) is 26.0 Å². The summed E-state index contributed by atoms with van der Waals surface area (Å²) in [5, 5.41) is 3.31. The number of ether oxygens (including phenoxy) is 2. The van der Waals surface area contributed by atoms with Crippen LogP contribution in [0.4, 0.5) is 11.5 Å². The van der Waals surface area contributed by atoms with Crippen molar-refractivity contribution in [3.63, 3.8) is 0 Å². The van der Waals surface area contributed by atoms with Gasteiger partial charge in [0.15, 0.2) is 0 Å². The van der Waals surface area contributed by atoms with E-state index in [1.165, 1.54) is 0 Å². The van der Waals surface area contributed by atoms with Crippen LogP contribution in [0, 0.1) is 13.8 Å². The van der Waals surface area contributed by atoms with Crippen LogP contribution in [-0.4, -0.2) is 19.2 Å². The first-order valence-corrected chi connectivity index (χ1v) is 8.77. The molecule has 0 fully saturated rings. The molecule has 0 atom stereocenters. The first-order valence-electron chi connectivity index (χ1n) is 6.39. The summed E-state index contributed by atoms with van der Waals surface area (Å²) in [6.45, 7) is 4.00. The molecule has 0 unspecified atom stereocenters. The second-order valence-corrected chi connectivity index (χ2v) is 7.07. The van der Waals surface area contributed by atoms with Gasteiger partial charge in [0.05, 0.1) is 33.3 Å². The minimum atomic E-state index is 0.669. The van der Waals surface area contributed by atoms with Crippen molar-refractivity contribution >= 4 is 59.3 Å². The molecule has 1 heterocycles. The van der Waals surface area contributed by atoms with Crippen molar-refractivity contribution in [2.24, 2.45) is 0 Å². The number of nitrogens with zero attached hydrogens (tertiary/aromatic N) is 1. The molecule has 1 aromatic heterocycles. The molecule has 0 saturated heterocycles. The van der Waals surface area contributed by atoms with Crippen LogP contribution in [-0.2, 0) is 0 Å². The molecule has 0 saturated carbocycles. The summed E-state index contributed by atoms with van der Waals surface area (Å²) in [5.74, 6) is 2.06. The van der Waals surface area contributed by atoms with E-state index in [4.69, 9.17) is 9.47 Å². The number of benzene rings is 1. The van der Waals surface area contributed by atoms with Gasteiger partial charge >= 0.3 is 0 Å². The lowest BCUT2D eigenvalue weighted by Crippen LogP contribution is -2.01. The third kappa shape index (κ3) is 3.41. The number of anilines is 2. The second kappa shape index (κ2) is 7.19. The molecule has 2 aromatic rings. The van der Waals surface area contributed by atoms with Crippen molar-refractivity contribution in [2.75, 3.05) is 19.5 Å². The number of nitrogens with one attached hydrogen (secondary N) is 1. The van der Waals surface area contributed by atoms with E-state index < -0.39 is 0 Å². The summed E-state index contributed by atoms with van der Waals surface area (Å²) in [4.78, 5) is 4.58. The monoisotopic (exact) mass is 492 g/mol. The van der Waals surface area contributed by atoms with Gasteiger partial charge in [0.2, 0.25) is 0 Å². The molecule has 7 heteroatoms. The topological polar surface area (TPSA) is 43.4 Å². The minimum Gasteiger partial charge on any atom is -0.495 e. The molecule has 0 radical (unpaired) electrons. The molecule has 0 aliphatic rings. The highest BCUT2D eigenvalue weighted by molar-refractivity contribution is 9.11. The molecular formula is C15H15Br3N2O2. The third-order valence-corrected chi connectivity index (χ3v) is 5.42. The van der Waals surface area contributed by atoms with Gasteiger partial charge in [-0.05, 0) is 73.3 Å². The van der Waals surface area contributed by atoms with E-state index in [1.54, 1.807) is 14.2 Å². The molecule has 0 aliphatic heterocycles. The van der Waals surface area contributed by atoms with Crippen molar-refractivity contribution in [1.29, 1.82) is 0 Å². The van der Waals surface area contributed by atoms with Crippen molar-refractivity contribution < 1.29 is 9.47 Å². The van der Waals surface area contributed by atoms with Gasteiger partial charge in [-0.25, -0.2) is 4.98 Å². The third-order valence-electron chi connectivity index (χ3n) is 3.24. The highest BCUT2D eigenvalue weighted by atomic mass is 79.9. The van der Waals surface area contributed by atoms with Crippen LogP contribution >= 0.6 is 47.8 Å². The molecule has 22 heavy (non-hydrogen) atoms. The van der Waals surface area contributed by atoms with Gasteiger partial charge < -0.3 is 14.8 Å². The predicted octanol–water partition coefficient (Wildman–Crippen LogP) is 5.75. The maximum absolute atomic E-state index is 5.37. The van der Waals surface area contributed by atoms with E-state index in [0.717, 1.165) is 36.2 Å². The van der Waals surface area contributed by atoms with Gasteiger partial charge in [-0.1, -0.05) is 0 Å². The van der Waals surface area contributed by atoms with Gasteiger partial charge in [-0.2, -0.15) is 0 Å². The summed E-state index contributed by atoms with van der Waals surface area (Å²) < 4.78 is 13.2. The molecule has 1 N–H and O–H groups in total. The molecule has 0 aliphatic carbocycles. The molecule has 0 bridgehead atoms. The van der Waals surface area contributed by atoms with Gasteiger partial charge in [0.1, 0.15) is 17.3 Å². The van der Waals surface area contributed by atoms with E-state index in [9.17, 15) is 0 Å². The maximum Gasteiger partial charge on any atom is 0.145 e. The highest BCUT2D eigenvalue weighted by Crippen LogP contribution is 2.45. The Balaban J connectivity index is 2.56. The van der Waals surface area contributed by atoms with Crippen molar-refractivity contribution in [1.82, 2.24) is 4.98 Å². The summed E-state index contributed by atoms with van der Waals surface area (Å²) in [6.07, 6.45) is 0. The van der Waals surface area contributed by atoms with Crippen LogP contribution in [0.3, 0.4) is 0 Å². The van der Waals surface area contributed by atoms with Gasteiger partial charge in [-0.3, -0.25) is 0 Å². The van der Waals surface area contributed by atoms with Crippen molar-refractivity contribution in [3.8, 4) is 11.5 Å². The molecule has 1 aromatic carbocycles. The zero-order chi connectivity index (χ0) is 16.4. The number of hydrogen-bond donors (Lipinski definition) is 1. The van der Waals surface area contributed by atoms with Gasteiger partial charge in [0, 0.05) is 11.8 Å². The molecule has 4 nitrogen and oxygen atoms in total. The Hall–Kier alpha value is -0.790. The predicted molar refractivity (Wildman–Crippen MR) is 99.6 cm³/mol. The molecule has 118 valence electrons. The van der Waals surface area contributed by atoms with E-state index in [2.05, 4.69) is 58.1 Å². The smallest absolute Gasteiger partial charge is 0.145 e. The Bertz CT molecular complexity index is 692. The van der Waals surface area contributed by atoms with E-state index in [-0.39, 0.29) is 0 Å². The second-order valence-electron chi connectivity index (χ2n) is 4.63. The number of methoxy groups -OCH3 is 2. The lowest BCUT2D eigenvalue weighted by molar-refractivity contribution is 0.391. The minimum absolute atomic E-state index is 0.669. The summed E-state index contributed by atoms with van der Waals surface area (Å²) in [6, 6.07) is 3.84. The standard InChI is InChI=1S/C15H15Br3N2O2/c1-7-5-9(16)15(19-8(7)2)20-14-12(17)10(21-3)6-11(22-4)13(14)18/h5-6H,1-4H3,(H,19,20). The fourth-order valence-electron chi connectivity index (χ4n) is 1.87. The fourth-order valence-corrected chi connectivity index (χ4v) is 3.82. The van der Waals surface area contributed by atoms with Crippen LogP contribution in [0.5, 0.6) is 11.5 Å². The van der Waals surface area contributed by atoms with Crippen LogP contribution in [0.1, 0.15) is 11.3 Å². The molecule has 0 amide bonds. The number of rotatable bonds is 4. The summed E-state index contributed by atoms with van der Waals surface area (Å²) >= 11 is 10.6. The van der Waals surface area contributed by atoms with Gasteiger partial charge in [-0.15, -0.1) is 0 Å². The average molecular weight is 495 g/mol. The molecular weight excluding hydrogens is 480 g/mol. The quantitative estimate of drug-likeness (QED) is 0.588. The van der Waals surface area contributed by atoms with Crippen LogP contribution < -0.4 is 14.8 Å². The maximum atomic E-state index is 5.37. The first-order chi connectivity index (χ1) is 10.4. The molecule has 2 rings (SSSR count). The Morgan fingerprint density at radius 2 is 1.50 bits per heavy atom. The zero-order valence-corrected chi connectivity index (χ0v) is 17.3. The zero-order valence-electron chi connectivity index (χ0n) is 12.6. The van der Waals surface area contributed by atoms with E-state index in [0.29, 0.717) is 11.5 Å². The lowest BCUT2D eigenvalue weighted by atomic mass is 10.2. The Morgan fingerprint density at radius 1 is 0.955 bits per heavy atom. The Labute approximate surface area is 155 Å². The normalized spacial score (nSPS) is 10.5. The van der Waals surface area contributed by atoms with Crippen LogP contribution in [0.15, 0.2) is 25.6 Å². The number of halogens is 3. The highest BCUT2D eigenvalue weighted by Gasteiger charge is 2.18. The number of aromatic nitrogens is 1. The number of aryl methyl sites for hydroxylation is 2. The van der Waals surface area contributed by atoms with Gasteiger partial charge in [0.25, 0.3) is 0 Å². The fraction of sp³-hybridized carbons (Fsp3) is 0.267. The average Bonchev–Trinajstić information content (AvgIpc) is 2.49. The largest absolute Gasteiger partial charge is 0.495 e. The summed E-state index contributed by atoms with van der Waals surface area (Å²) in [7, 11) is 3.23. The Morgan fingerprint density at radius 3 is 2.00 bits per heavy atom. The summed E-state index contributed by atoms with van der Waals surface area (Å²) in [5.41, 5.74) is 2.87. The van der Waals surface area contributed by atoms with Crippen LogP contribution in [0.2, 0.25) is 0 Å². The van der Waals surface area contributed by atoms with Crippen molar-refractivity contribution in [3.05, 3.63) is 36.8 Å². The lowest BCUT2D eigenvalue weighted by Gasteiger charge is -2.17. The SMILES string of the molecule is COc1cc(OC)c(Br)c(Nc2nc(C)c(C)cc2Br)c1Br. The van der Waals surface area contributed by atoms with Crippen LogP contribution in [0.25, 0.3) is 0 Å². The van der Waals surface area contributed by atoms with Crippen molar-refractivity contribution in [2.45, 2.75) is 13.8 Å².